The van der Waals surface area contributed by atoms with Gasteiger partial charge in [-0.05, 0) is 64.4 Å². The average molecular weight is 400 g/mol. The summed E-state index contributed by atoms with van der Waals surface area (Å²) in [6.45, 7) is 0. The topological polar surface area (TPSA) is 46.5 Å². The van der Waals surface area contributed by atoms with Crippen LogP contribution in [0, 0.1) is 0 Å². The number of phenols is 1. The Hall–Kier alpha value is -4.24. The van der Waals surface area contributed by atoms with E-state index in [-0.39, 0.29) is 5.75 Å². The molecule has 3 nitrogen and oxygen atoms in total. The van der Waals surface area contributed by atoms with E-state index in [0.29, 0.717) is 5.58 Å². The molecule has 0 aliphatic carbocycles. The zero-order valence-electron chi connectivity index (χ0n) is 16.4. The van der Waals surface area contributed by atoms with Gasteiger partial charge in [-0.3, -0.25) is 0 Å². The Morgan fingerprint density at radius 3 is 2.10 bits per heavy atom. The summed E-state index contributed by atoms with van der Waals surface area (Å²) in [5, 5.41) is 17.0. The van der Waals surface area contributed by atoms with E-state index in [1.807, 2.05) is 42.5 Å². The lowest BCUT2D eigenvalue weighted by Gasteiger charge is -2.04. The second kappa shape index (κ2) is 5.89. The number of fused-ring (bicyclic) bond motifs is 7. The van der Waals surface area contributed by atoms with Crippen LogP contribution >= 0.6 is 0 Å². The number of para-hydroxylation sites is 1. The average Bonchev–Trinajstić information content (AvgIpc) is 3.34. The molecule has 146 valence electrons. The summed E-state index contributed by atoms with van der Waals surface area (Å²) in [5.41, 5.74) is 5.00. The van der Waals surface area contributed by atoms with E-state index in [2.05, 4.69) is 42.5 Å². The van der Waals surface area contributed by atoms with Crippen molar-refractivity contribution in [3.63, 3.8) is 0 Å². The molecule has 2 aromatic heterocycles. The Morgan fingerprint density at radius 2 is 1.19 bits per heavy atom. The number of benzene rings is 5. The molecule has 1 N–H and O–H groups in total. The highest BCUT2D eigenvalue weighted by Gasteiger charge is 2.14. The molecule has 3 heteroatoms. The lowest BCUT2D eigenvalue weighted by Crippen LogP contribution is -1.79. The van der Waals surface area contributed by atoms with Crippen molar-refractivity contribution in [1.29, 1.82) is 0 Å². The number of rotatable bonds is 1. The lowest BCUT2D eigenvalue weighted by molar-refractivity contribution is 0.482. The molecule has 0 fully saturated rings. The highest BCUT2D eigenvalue weighted by molar-refractivity contribution is 6.12. The van der Waals surface area contributed by atoms with Gasteiger partial charge in [0.25, 0.3) is 0 Å². The summed E-state index contributed by atoms with van der Waals surface area (Å²) >= 11 is 0. The highest BCUT2D eigenvalue weighted by Crippen LogP contribution is 2.40. The minimum Gasteiger partial charge on any atom is -0.507 e. The van der Waals surface area contributed by atoms with Crippen molar-refractivity contribution >= 4 is 54.6 Å². The molecule has 7 rings (SSSR count). The van der Waals surface area contributed by atoms with Crippen LogP contribution in [0.15, 0.2) is 99.8 Å². The van der Waals surface area contributed by atoms with E-state index < -0.39 is 0 Å². The van der Waals surface area contributed by atoms with Crippen LogP contribution in [0.4, 0.5) is 0 Å². The standard InChI is InChI=1S/C28H16O3/c29-23-12-19(15-27-28(23)21-7-3-4-8-24(21)30-27)18-9-10-20-22-11-16-5-1-2-6-17(16)13-26(22)31-25(20)14-18/h1-15,29H. The second-order valence-corrected chi connectivity index (χ2v) is 7.98. The molecule has 0 saturated carbocycles. The molecule has 0 amide bonds. The van der Waals surface area contributed by atoms with Gasteiger partial charge in [0.2, 0.25) is 0 Å². The number of furan rings is 2. The summed E-state index contributed by atoms with van der Waals surface area (Å²) in [6.07, 6.45) is 0. The molecule has 0 saturated heterocycles. The fraction of sp³-hybridized carbons (Fsp3) is 0. The number of aromatic hydroxyl groups is 1. The maximum absolute atomic E-state index is 10.8. The van der Waals surface area contributed by atoms with Crippen molar-refractivity contribution in [2.75, 3.05) is 0 Å². The first kappa shape index (κ1) is 16.5. The zero-order valence-corrected chi connectivity index (χ0v) is 16.4. The zero-order chi connectivity index (χ0) is 20.5. The van der Waals surface area contributed by atoms with Crippen LogP contribution < -0.4 is 0 Å². The van der Waals surface area contributed by atoms with E-state index in [4.69, 9.17) is 8.83 Å². The van der Waals surface area contributed by atoms with Gasteiger partial charge in [-0.1, -0.05) is 48.5 Å². The van der Waals surface area contributed by atoms with Gasteiger partial charge < -0.3 is 13.9 Å². The van der Waals surface area contributed by atoms with Gasteiger partial charge in [-0.2, -0.15) is 0 Å². The van der Waals surface area contributed by atoms with E-state index in [0.717, 1.165) is 54.8 Å². The maximum Gasteiger partial charge on any atom is 0.139 e. The predicted octanol–water partition coefficient (Wildman–Crippen LogP) is 8.01. The van der Waals surface area contributed by atoms with Crippen molar-refractivity contribution in [2.45, 2.75) is 0 Å². The fourth-order valence-electron chi connectivity index (χ4n) is 4.64. The molecule has 0 aliphatic heterocycles. The van der Waals surface area contributed by atoms with Crippen LogP contribution in [-0.4, -0.2) is 5.11 Å². The van der Waals surface area contributed by atoms with Crippen LogP contribution in [0.3, 0.4) is 0 Å². The van der Waals surface area contributed by atoms with Gasteiger partial charge in [-0.25, -0.2) is 0 Å². The molecule has 31 heavy (non-hydrogen) atoms. The summed E-state index contributed by atoms with van der Waals surface area (Å²) in [5.74, 6) is 0.216. The molecule has 0 radical (unpaired) electrons. The molecule has 0 atom stereocenters. The molecule has 0 bridgehead atoms. The minimum atomic E-state index is 0.216. The molecule has 0 spiro atoms. The van der Waals surface area contributed by atoms with Gasteiger partial charge in [-0.15, -0.1) is 0 Å². The summed E-state index contributed by atoms with van der Waals surface area (Å²) in [4.78, 5) is 0. The monoisotopic (exact) mass is 400 g/mol. The van der Waals surface area contributed by atoms with E-state index >= 15 is 0 Å². The van der Waals surface area contributed by atoms with Gasteiger partial charge in [0, 0.05) is 16.2 Å². The second-order valence-electron chi connectivity index (χ2n) is 7.98. The Labute approximate surface area is 176 Å². The lowest BCUT2D eigenvalue weighted by atomic mass is 10.0. The Bertz CT molecular complexity index is 1800. The Morgan fingerprint density at radius 1 is 0.484 bits per heavy atom. The molecular weight excluding hydrogens is 384 g/mol. The fourth-order valence-corrected chi connectivity index (χ4v) is 4.64. The maximum atomic E-state index is 10.8. The van der Waals surface area contributed by atoms with Crippen LogP contribution in [0.5, 0.6) is 5.75 Å². The van der Waals surface area contributed by atoms with Gasteiger partial charge in [0.05, 0.1) is 5.39 Å². The first-order valence-corrected chi connectivity index (χ1v) is 10.2. The van der Waals surface area contributed by atoms with Gasteiger partial charge in [0.1, 0.15) is 28.1 Å². The Balaban J connectivity index is 1.45. The normalized spacial score (nSPS) is 12.0. The summed E-state index contributed by atoms with van der Waals surface area (Å²) in [6, 6.07) is 30.3. The number of phenolic OH excluding ortho intramolecular Hbond substituents is 1. The van der Waals surface area contributed by atoms with Crippen molar-refractivity contribution in [3.05, 3.63) is 91.0 Å². The van der Waals surface area contributed by atoms with Gasteiger partial charge in [0.15, 0.2) is 0 Å². The highest BCUT2D eigenvalue weighted by atomic mass is 16.3. The van der Waals surface area contributed by atoms with E-state index in [1.165, 1.54) is 5.39 Å². The Kier molecular flexibility index (Phi) is 3.15. The predicted molar refractivity (Wildman–Crippen MR) is 126 cm³/mol. The smallest absolute Gasteiger partial charge is 0.139 e. The molecular formula is C28H16O3. The first-order valence-electron chi connectivity index (χ1n) is 10.2. The van der Waals surface area contributed by atoms with Gasteiger partial charge >= 0.3 is 0 Å². The van der Waals surface area contributed by atoms with E-state index in [9.17, 15) is 5.11 Å². The third-order valence-electron chi connectivity index (χ3n) is 6.13. The molecule has 0 aliphatic rings. The third kappa shape index (κ3) is 2.34. The van der Waals surface area contributed by atoms with Crippen LogP contribution in [-0.2, 0) is 0 Å². The van der Waals surface area contributed by atoms with Crippen molar-refractivity contribution in [1.82, 2.24) is 0 Å². The third-order valence-corrected chi connectivity index (χ3v) is 6.13. The quantitative estimate of drug-likeness (QED) is 0.303. The molecule has 0 unspecified atom stereocenters. The molecule has 7 aromatic rings. The van der Waals surface area contributed by atoms with Crippen LogP contribution in [0.1, 0.15) is 0 Å². The number of hydrogen-bond donors (Lipinski definition) is 1. The summed E-state index contributed by atoms with van der Waals surface area (Å²) < 4.78 is 12.2. The largest absolute Gasteiger partial charge is 0.507 e. The van der Waals surface area contributed by atoms with Crippen LogP contribution in [0.2, 0.25) is 0 Å². The SMILES string of the molecule is Oc1cc(-c2ccc3c(c2)oc2cc4ccccc4cc23)cc2oc3ccccc3c12. The van der Waals surface area contributed by atoms with Crippen LogP contribution in [0.25, 0.3) is 65.8 Å². The molecule has 2 heterocycles. The first-order chi connectivity index (χ1) is 15.2. The molecule has 5 aromatic carbocycles. The minimum absolute atomic E-state index is 0.216. The van der Waals surface area contributed by atoms with E-state index in [1.54, 1.807) is 6.07 Å². The van der Waals surface area contributed by atoms with Crippen molar-refractivity contribution in [3.8, 4) is 16.9 Å². The van der Waals surface area contributed by atoms with Crippen molar-refractivity contribution < 1.29 is 13.9 Å². The number of hydrogen-bond acceptors (Lipinski definition) is 3. The van der Waals surface area contributed by atoms with Crippen molar-refractivity contribution in [2.24, 2.45) is 0 Å². The summed E-state index contributed by atoms with van der Waals surface area (Å²) in [7, 11) is 0.